The number of amides is 1. The molecular weight excluding hydrogens is 434 g/mol. The summed E-state index contributed by atoms with van der Waals surface area (Å²) < 4.78 is 13.5. The van der Waals surface area contributed by atoms with Gasteiger partial charge in [0.25, 0.3) is 5.56 Å². The van der Waals surface area contributed by atoms with E-state index in [9.17, 15) is 14.4 Å². The minimum atomic E-state index is -0.543. The average molecular weight is 464 g/mol. The maximum absolute atomic E-state index is 12.9. The van der Waals surface area contributed by atoms with Gasteiger partial charge in [0, 0.05) is 25.7 Å². The number of aromatic nitrogens is 2. The standard InChI is InChI=1S/C23H30ClN3O5/c1-23(2,3)32-22(30)25-11-9-17(10-12-25)14-26-20(28)13-19(24)27(21(26)29)16-31-15-18-7-5-4-6-8-18/h4-8,13,17H,9-12,14-16H2,1-3H3. The monoisotopic (exact) mass is 463 g/mol. The molecule has 32 heavy (non-hydrogen) atoms. The molecule has 1 saturated heterocycles. The van der Waals surface area contributed by atoms with Crippen LogP contribution in [-0.2, 0) is 29.4 Å². The lowest BCUT2D eigenvalue weighted by molar-refractivity contribution is 0.0176. The molecule has 1 aromatic heterocycles. The molecule has 2 aromatic rings. The lowest BCUT2D eigenvalue weighted by Gasteiger charge is -2.33. The molecule has 1 aliphatic heterocycles. The summed E-state index contributed by atoms with van der Waals surface area (Å²) in [5.74, 6) is 0.0962. The molecule has 3 rings (SSSR count). The Bertz CT molecular complexity index is 1030. The summed E-state index contributed by atoms with van der Waals surface area (Å²) in [7, 11) is 0. The number of halogens is 1. The van der Waals surface area contributed by atoms with Gasteiger partial charge in [-0.3, -0.25) is 13.9 Å². The van der Waals surface area contributed by atoms with Crippen molar-refractivity contribution in [2.45, 2.75) is 59.1 Å². The number of ether oxygens (including phenoxy) is 2. The zero-order valence-corrected chi connectivity index (χ0v) is 19.5. The topological polar surface area (TPSA) is 82.8 Å². The Labute approximate surface area is 192 Å². The highest BCUT2D eigenvalue weighted by molar-refractivity contribution is 6.29. The van der Waals surface area contributed by atoms with Crippen molar-refractivity contribution in [3.05, 3.63) is 68.0 Å². The van der Waals surface area contributed by atoms with Gasteiger partial charge in [-0.15, -0.1) is 0 Å². The van der Waals surface area contributed by atoms with Crippen molar-refractivity contribution in [1.82, 2.24) is 14.0 Å². The van der Waals surface area contributed by atoms with Crippen LogP contribution in [0.3, 0.4) is 0 Å². The van der Waals surface area contributed by atoms with Crippen LogP contribution in [-0.4, -0.2) is 38.8 Å². The SMILES string of the molecule is CC(C)(C)OC(=O)N1CCC(Cn2c(=O)cc(Cl)n(COCc3ccccc3)c2=O)CC1. The van der Waals surface area contributed by atoms with Crippen molar-refractivity contribution in [3.8, 4) is 0 Å². The first-order valence-electron chi connectivity index (χ1n) is 10.7. The first kappa shape index (κ1) is 24.1. The summed E-state index contributed by atoms with van der Waals surface area (Å²) in [6.07, 6.45) is 1.02. The van der Waals surface area contributed by atoms with Crippen LogP contribution in [0.2, 0.25) is 5.15 Å². The zero-order chi connectivity index (χ0) is 23.3. The number of hydrogen-bond donors (Lipinski definition) is 0. The minimum absolute atomic E-state index is 0.0454. The lowest BCUT2D eigenvalue weighted by Crippen LogP contribution is -2.45. The highest BCUT2D eigenvalue weighted by Gasteiger charge is 2.27. The number of piperidine rings is 1. The number of benzene rings is 1. The highest BCUT2D eigenvalue weighted by Crippen LogP contribution is 2.20. The quantitative estimate of drug-likeness (QED) is 0.612. The van der Waals surface area contributed by atoms with Gasteiger partial charge in [-0.2, -0.15) is 0 Å². The van der Waals surface area contributed by atoms with Crippen LogP contribution in [0.25, 0.3) is 0 Å². The number of likely N-dealkylation sites (tertiary alicyclic amines) is 1. The van der Waals surface area contributed by atoms with Gasteiger partial charge < -0.3 is 14.4 Å². The maximum atomic E-state index is 12.9. The predicted octanol–water partition coefficient (Wildman–Crippen LogP) is 3.48. The van der Waals surface area contributed by atoms with E-state index >= 15 is 0 Å². The first-order chi connectivity index (χ1) is 15.1. The molecule has 9 heteroatoms. The van der Waals surface area contributed by atoms with Crippen molar-refractivity contribution in [2.24, 2.45) is 5.92 Å². The van der Waals surface area contributed by atoms with Crippen molar-refractivity contribution >= 4 is 17.7 Å². The van der Waals surface area contributed by atoms with Crippen molar-refractivity contribution in [2.75, 3.05) is 13.1 Å². The summed E-state index contributed by atoms with van der Waals surface area (Å²) in [6, 6.07) is 10.8. The van der Waals surface area contributed by atoms with Gasteiger partial charge in [0.05, 0.1) is 6.61 Å². The van der Waals surface area contributed by atoms with Crippen LogP contribution in [0, 0.1) is 5.92 Å². The number of carbonyl (C=O) groups excluding carboxylic acids is 1. The maximum Gasteiger partial charge on any atom is 0.410 e. The Morgan fingerprint density at radius 3 is 2.38 bits per heavy atom. The molecule has 8 nitrogen and oxygen atoms in total. The molecule has 1 fully saturated rings. The molecule has 0 atom stereocenters. The third-order valence-electron chi connectivity index (χ3n) is 5.27. The van der Waals surface area contributed by atoms with E-state index < -0.39 is 16.9 Å². The third kappa shape index (κ3) is 6.46. The van der Waals surface area contributed by atoms with Crippen LogP contribution < -0.4 is 11.2 Å². The molecule has 0 radical (unpaired) electrons. The van der Waals surface area contributed by atoms with E-state index in [1.165, 1.54) is 15.2 Å². The smallest absolute Gasteiger partial charge is 0.410 e. The van der Waals surface area contributed by atoms with Crippen molar-refractivity contribution in [1.29, 1.82) is 0 Å². The Morgan fingerprint density at radius 1 is 1.09 bits per heavy atom. The molecule has 174 valence electrons. The van der Waals surface area contributed by atoms with Crippen LogP contribution in [0.5, 0.6) is 0 Å². The van der Waals surface area contributed by atoms with E-state index in [1.54, 1.807) is 4.90 Å². The van der Waals surface area contributed by atoms with Gasteiger partial charge in [-0.25, -0.2) is 9.59 Å². The molecule has 1 amide bonds. The van der Waals surface area contributed by atoms with E-state index in [0.29, 0.717) is 32.5 Å². The summed E-state index contributed by atoms with van der Waals surface area (Å²) in [4.78, 5) is 39.3. The molecule has 0 saturated carbocycles. The minimum Gasteiger partial charge on any atom is -0.444 e. The first-order valence-corrected chi connectivity index (χ1v) is 11.1. The Hall–Kier alpha value is -2.58. The molecular formula is C23H30ClN3O5. The van der Waals surface area contributed by atoms with E-state index in [4.69, 9.17) is 21.1 Å². The van der Waals surface area contributed by atoms with Gasteiger partial charge >= 0.3 is 11.8 Å². The Kier molecular flexibility index (Phi) is 7.79. The molecule has 0 aliphatic carbocycles. The molecule has 0 spiro atoms. The normalized spacial score (nSPS) is 15.1. The second-order valence-corrected chi connectivity index (χ2v) is 9.39. The average Bonchev–Trinajstić information content (AvgIpc) is 2.73. The van der Waals surface area contributed by atoms with Gasteiger partial charge in [0.15, 0.2) is 0 Å². The van der Waals surface area contributed by atoms with E-state index in [0.717, 1.165) is 5.56 Å². The molecule has 2 heterocycles. The van der Waals surface area contributed by atoms with Gasteiger partial charge in [0.1, 0.15) is 17.5 Å². The summed E-state index contributed by atoms with van der Waals surface area (Å²) in [6.45, 7) is 7.09. The number of nitrogens with zero attached hydrogens (tertiary/aromatic N) is 3. The largest absolute Gasteiger partial charge is 0.444 e. The van der Waals surface area contributed by atoms with E-state index in [1.807, 2.05) is 51.1 Å². The van der Waals surface area contributed by atoms with Crippen LogP contribution in [0.1, 0.15) is 39.2 Å². The molecule has 0 bridgehead atoms. The summed E-state index contributed by atoms with van der Waals surface area (Å²) in [5.41, 5.74) is -0.501. The van der Waals surface area contributed by atoms with Gasteiger partial charge in [0.2, 0.25) is 0 Å². The fraction of sp³-hybridized carbons (Fsp3) is 0.522. The zero-order valence-electron chi connectivity index (χ0n) is 18.8. The fourth-order valence-electron chi connectivity index (χ4n) is 3.59. The molecule has 0 unspecified atom stereocenters. The van der Waals surface area contributed by atoms with E-state index in [2.05, 4.69) is 0 Å². The number of hydrogen-bond acceptors (Lipinski definition) is 5. The number of carbonyl (C=O) groups is 1. The van der Waals surface area contributed by atoms with Crippen LogP contribution in [0.4, 0.5) is 4.79 Å². The van der Waals surface area contributed by atoms with Crippen molar-refractivity contribution < 1.29 is 14.3 Å². The van der Waals surface area contributed by atoms with Crippen LogP contribution in [0.15, 0.2) is 46.0 Å². The summed E-state index contributed by atoms with van der Waals surface area (Å²) >= 11 is 6.15. The van der Waals surface area contributed by atoms with Crippen molar-refractivity contribution in [3.63, 3.8) is 0 Å². The molecule has 1 aliphatic rings. The fourth-order valence-corrected chi connectivity index (χ4v) is 3.80. The molecule has 0 N–H and O–H groups in total. The van der Waals surface area contributed by atoms with Gasteiger partial charge in [-0.05, 0) is 45.1 Å². The van der Waals surface area contributed by atoms with Crippen LogP contribution >= 0.6 is 11.6 Å². The Morgan fingerprint density at radius 2 is 1.75 bits per heavy atom. The summed E-state index contributed by atoms with van der Waals surface area (Å²) in [5, 5.41) is 0.0454. The predicted molar refractivity (Wildman–Crippen MR) is 122 cm³/mol. The van der Waals surface area contributed by atoms with E-state index in [-0.39, 0.29) is 30.4 Å². The lowest BCUT2D eigenvalue weighted by atomic mass is 9.97. The second kappa shape index (κ2) is 10.4. The molecule has 1 aromatic carbocycles. The van der Waals surface area contributed by atoms with Gasteiger partial charge in [-0.1, -0.05) is 41.9 Å². The number of rotatable bonds is 6. The second-order valence-electron chi connectivity index (χ2n) is 9.00. The Balaban J connectivity index is 1.62. The third-order valence-corrected chi connectivity index (χ3v) is 5.58. The highest BCUT2D eigenvalue weighted by atomic mass is 35.5.